The fraction of sp³-hybridized carbons (Fsp3) is 0.296. The second-order valence-electron chi connectivity index (χ2n) is 8.17. The fourth-order valence-electron chi connectivity index (χ4n) is 3.81. The molecule has 0 saturated carbocycles. The summed E-state index contributed by atoms with van der Waals surface area (Å²) in [6.07, 6.45) is 5.98. The van der Waals surface area contributed by atoms with E-state index in [9.17, 15) is 4.79 Å². The largest absolute Gasteiger partial charge is 0.369 e. The van der Waals surface area contributed by atoms with Gasteiger partial charge in [0, 0.05) is 31.2 Å². The molecular formula is C27H30N4OS. The minimum absolute atomic E-state index is 0.0373. The Kier molecular flexibility index (Phi) is 8.04. The van der Waals surface area contributed by atoms with E-state index >= 15 is 0 Å². The van der Waals surface area contributed by atoms with Crippen molar-refractivity contribution in [1.29, 1.82) is 0 Å². The lowest BCUT2D eigenvalue weighted by Gasteiger charge is -2.23. The molecule has 4 aromatic rings. The van der Waals surface area contributed by atoms with Crippen molar-refractivity contribution < 1.29 is 4.79 Å². The molecule has 2 aromatic carbocycles. The number of benzene rings is 2. The molecule has 0 atom stereocenters. The monoisotopic (exact) mass is 458 g/mol. The van der Waals surface area contributed by atoms with Crippen LogP contribution in [0.5, 0.6) is 0 Å². The van der Waals surface area contributed by atoms with Crippen LogP contribution >= 0.6 is 11.5 Å². The van der Waals surface area contributed by atoms with Crippen molar-refractivity contribution in [1.82, 2.24) is 14.3 Å². The smallest absolute Gasteiger partial charge is 0.272 e. The topological polar surface area (TPSA) is 58.1 Å². The van der Waals surface area contributed by atoms with Gasteiger partial charge in [-0.1, -0.05) is 55.8 Å². The first-order valence-electron chi connectivity index (χ1n) is 11.6. The summed E-state index contributed by atoms with van der Waals surface area (Å²) in [4.78, 5) is 19.4. The van der Waals surface area contributed by atoms with E-state index in [2.05, 4.69) is 58.0 Å². The highest BCUT2D eigenvalue weighted by atomic mass is 32.1. The van der Waals surface area contributed by atoms with E-state index in [4.69, 9.17) is 0 Å². The van der Waals surface area contributed by atoms with Crippen molar-refractivity contribution in [3.8, 4) is 0 Å². The molecule has 0 unspecified atom stereocenters. The highest BCUT2D eigenvalue weighted by molar-refractivity contribution is 7.13. The van der Waals surface area contributed by atoms with Crippen molar-refractivity contribution >= 4 is 33.3 Å². The number of pyridine rings is 1. The number of fused-ring (bicyclic) bond motifs is 1. The number of unbranched alkanes of at least 4 members (excludes halogenated alkanes) is 1. The van der Waals surface area contributed by atoms with E-state index in [-0.39, 0.29) is 5.91 Å². The number of carbonyl (C=O) groups is 1. The number of nitrogens with zero attached hydrogens (tertiary/aromatic N) is 3. The predicted octanol–water partition coefficient (Wildman–Crippen LogP) is 6.18. The summed E-state index contributed by atoms with van der Waals surface area (Å²) in [6.45, 7) is 4.17. The molecule has 0 fully saturated rings. The third kappa shape index (κ3) is 6.17. The van der Waals surface area contributed by atoms with Crippen LogP contribution in [0.3, 0.4) is 0 Å². The van der Waals surface area contributed by atoms with Gasteiger partial charge < -0.3 is 10.2 Å². The van der Waals surface area contributed by atoms with Crippen LogP contribution in [0.2, 0.25) is 0 Å². The molecule has 0 spiro atoms. The molecule has 5 nitrogen and oxygen atoms in total. The van der Waals surface area contributed by atoms with Crippen LogP contribution < -0.4 is 5.32 Å². The van der Waals surface area contributed by atoms with Crippen LogP contribution in [0.1, 0.15) is 47.8 Å². The zero-order valence-electron chi connectivity index (χ0n) is 19.0. The van der Waals surface area contributed by atoms with Gasteiger partial charge in [-0.25, -0.2) is 0 Å². The van der Waals surface area contributed by atoms with Crippen LogP contribution in [-0.2, 0) is 13.0 Å². The normalized spacial score (nSPS) is 10.9. The van der Waals surface area contributed by atoms with Crippen molar-refractivity contribution in [3.63, 3.8) is 0 Å². The molecule has 6 heteroatoms. The molecule has 4 rings (SSSR count). The van der Waals surface area contributed by atoms with E-state index in [1.807, 2.05) is 29.2 Å². The first-order chi connectivity index (χ1) is 16.2. The molecule has 0 bridgehead atoms. The summed E-state index contributed by atoms with van der Waals surface area (Å²) >= 11 is 1.50. The first-order valence-corrected chi connectivity index (χ1v) is 12.4. The van der Waals surface area contributed by atoms with Crippen molar-refractivity contribution in [2.75, 3.05) is 18.4 Å². The Morgan fingerprint density at radius 2 is 1.76 bits per heavy atom. The van der Waals surface area contributed by atoms with E-state index < -0.39 is 0 Å². The maximum atomic E-state index is 13.2. The van der Waals surface area contributed by atoms with Gasteiger partial charge in [0.15, 0.2) is 0 Å². The maximum absolute atomic E-state index is 13.2. The van der Waals surface area contributed by atoms with Crippen LogP contribution in [0.4, 0.5) is 5.82 Å². The number of rotatable bonds is 11. The van der Waals surface area contributed by atoms with Crippen molar-refractivity contribution in [2.45, 2.75) is 39.2 Å². The molecule has 1 N–H and O–H groups in total. The molecule has 2 aromatic heterocycles. The quantitative estimate of drug-likeness (QED) is 0.273. The van der Waals surface area contributed by atoms with Crippen LogP contribution in [0, 0.1) is 0 Å². The summed E-state index contributed by atoms with van der Waals surface area (Å²) < 4.78 is 5.71. The Labute approximate surface area is 199 Å². The molecule has 2 heterocycles. The summed E-state index contributed by atoms with van der Waals surface area (Å²) in [5, 5.41) is 4.58. The third-order valence-corrected chi connectivity index (χ3v) is 6.49. The van der Waals surface area contributed by atoms with Crippen LogP contribution in [-0.4, -0.2) is 33.3 Å². The number of nitrogens with one attached hydrogen (secondary N) is 1. The second-order valence-corrected chi connectivity index (χ2v) is 8.97. The Balaban J connectivity index is 1.39. The average Bonchev–Trinajstić information content (AvgIpc) is 3.28. The van der Waals surface area contributed by atoms with E-state index in [1.165, 1.54) is 34.6 Å². The van der Waals surface area contributed by atoms with Crippen molar-refractivity contribution in [3.05, 3.63) is 89.7 Å². The molecule has 0 aliphatic rings. The van der Waals surface area contributed by atoms with E-state index in [0.717, 1.165) is 36.2 Å². The Bertz CT molecular complexity index is 1160. The standard InChI is InChI=1S/C27H30N4OS/c1-2-3-9-21-13-15-22(16-14-21)20-31(27(32)24-11-6-7-17-28-24)19-8-18-29-26-23-10-4-5-12-25(23)33-30-26/h4-7,10-17H,2-3,8-9,18-20H2,1H3,(H,29,30). The number of amides is 1. The van der Waals surface area contributed by atoms with Gasteiger partial charge in [0.25, 0.3) is 5.91 Å². The molecule has 1 amide bonds. The van der Waals surface area contributed by atoms with Gasteiger partial charge in [-0.05, 0) is 66.2 Å². The van der Waals surface area contributed by atoms with Gasteiger partial charge in [0.05, 0.1) is 4.70 Å². The zero-order valence-corrected chi connectivity index (χ0v) is 19.9. The lowest BCUT2D eigenvalue weighted by atomic mass is 10.1. The van der Waals surface area contributed by atoms with E-state index in [0.29, 0.717) is 18.8 Å². The minimum atomic E-state index is -0.0373. The second kappa shape index (κ2) is 11.6. The lowest BCUT2D eigenvalue weighted by molar-refractivity contribution is 0.0736. The fourth-order valence-corrected chi connectivity index (χ4v) is 4.56. The Morgan fingerprint density at radius 3 is 2.55 bits per heavy atom. The van der Waals surface area contributed by atoms with Gasteiger partial charge in [0.1, 0.15) is 11.5 Å². The van der Waals surface area contributed by atoms with Crippen LogP contribution in [0.25, 0.3) is 10.1 Å². The van der Waals surface area contributed by atoms with Crippen LogP contribution in [0.15, 0.2) is 72.9 Å². The highest BCUT2D eigenvalue weighted by Gasteiger charge is 2.17. The number of aromatic nitrogens is 2. The number of hydrogen-bond donors (Lipinski definition) is 1. The first kappa shape index (κ1) is 22.9. The maximum Gasteiger partial charge on any atom is 0.272 e. The molecule has 0 saturated heterocycles. The number of hydrogen-bond acceptors (Lipinski definition) is 5. The zero-order chi connectivity index (χ0) is 22.9. The number of aryl methyl sites for hydroxylation is 1. The van der Waals surface area contributed by atoms with Gasteiger partial charge in [-0.15, -0.1) is 0 Å². The molecule has 0 radical (unpaired) electrons. The lowest BCUT2D eigenvalue weighted by Crippen LogP contribution is -2.33. The summed E-state index contributed by atoms with van der Waals surface area (Å²) in [6, 6.07) is 22.3. The molecule has 33 heavy (non-hydrogen) atoms. The van der Waals surface area contributed by atoms with E-state index in [1.54, 1.807) is 12.3 Å². The Morgan fingerprint density at radius 1 is 0.970 bits per heavy atom. The van der Waals surface area contributed by atoms with Gasteiger partial charge >= 0.3 is 0 Å². The van der Waals surface area contributed by atoms with Gasteiger partial charge in [-0.2, -0.15) is 4.37 Å². The average molecular weight is 459 g/mol. The SMILES string of the molecule is CCCCc1ccc(CN(CCCNc2nsc3ccccc23)C(=O)c2ccccn2)cc1. The molecule has 170 valence electrons. The molecule has 0 aliphatic heterocycles. The summed E-state index contributed by atoms with van der Waals surface area (Å²) in [7, 11) is 0. The number of carbonyl (C=O) groups excluding carboxylic acids is 1. The summed E-state index contributed by atoms with van der Waals surface area (Å²) in [5.74, 6) is 0.880. The molecular weight excluding hydrogens is 428 g/mol. The molecule has 0 aliphatic carbocycles. The third-order valence-electron chi connectivity index (χ3n) is 5.66. The highest BCUT2D eigenvalue weighted by Crippen LogP contribution is 2.26. The van der Waals surface area contributed by atoms with Gasteiger partial charge in [0.2, 0.25) is 0 Å². The predicted molar refractivity (Wildman–Crippen MR) is 137 cm³/mol. The Hall–Kier alpha value is -3.25. The summed E-state index contributed by atoms with van der Waals surface area (Å²) in [5.41, 5.74) is 2.97. The number of anilines is 1. The minimum Gasteiger partial charge on any atom is -0.369 e. The van der Waals surface area contributed by atoms with Crippen molar-refractivity contribution in [2.24, 2.45) is 0 Å². The van der Waals surface area contributed by atoms with Gasteiger partial charge in [-0.3, -0.25) is 9.78 Å².